The van der Waals surface area contributed by atoms with Gasteiger partial charge < -0.3 is 22.4 Å². The normalized spacial score (nSPS) is 11.3. The van der Waals surface area contributed by atoms with Gasteiger partial charge in [0.15, 0.2) is 0 Å². The summed E-state index contributed by atoms with van der Waals surface area (Å²) in [7, 11) is 4.48. The summed E-state index contributed by atoms with van der Waals surface area (Å²) in [6.07, 6.45) is 23.2. The Labute approximate surface area is 152 Å². The van der Waals surface area contributed by atoms with Crippen molar-refractivity contribution in [3.63, 3.8) is 0 Å². The van der Waals surface area contributed by atoms with E-state index in [0.29, 0.717) is 6.61 Å². The van der Waals surface area contributed by atoms with Gasteiger partial charge in [-0.1, -0.05) is 57.1 Å². The molecule has 0 fully saturated rings. The average Bonchev–Trinajstić information content (AvgIpc) is 2.50. The maximum absolute atomic E-state index is 8.69. The number of allylic oxidation sites excluding steroid dienone is 2. The fourth-order valence-electron chi connectivity index (χ4n) is 2.76. The zero-order valence-corrected chi connectivity index (χ0v) is 16.5. The summed E-state index contributed by atoms with van der Waals surface area (Å²) in [5.41, 5.74) is 0. The van der Waals surface area contributed by atoms with E-state index in [4.69, 9.17) is 5.11 Å². The molecule has 0 spiro atoms. The fraction of sp³-hybridized carbons (Fsp3) is 0.900. The molecule has 0 atom stereocenters. The molecule has 0 amide bonds. The molecule has 140 valence electrons. The van der Waals surface area contributed by atoms with E-state index in [-0.39, 0.29) is 12.4 Å². The molecule has 0 unspecified atom stereocenters. The molecule has 0 aliphatic rings. The van der Waals surface area contributed by atoms with Crippen LogP contribution >= 0.6 is 0 Å². The molecule has 0 aliphatic heterocycles. The van der Waals surface area contributed by atoms with Crippen molar-refractivity contribution in [1.82, 2.24) is 0 Å². The van der Waals surface area contributed by atoms with Crippen LogP contribution in [0.3, 0.4) is 0 Å². The lowest BCUT2D eigenvalue weighted by molar-refractivity contribution is -0.858. The number of rotatable bonds is 17. The first kappa shape index (κ1) is 25.2. The van der Waals surface area contributed by atoms with Crippen LogP contribution in [-0.2, 0) is 0 Å². The van der Waals surface area contributed by atoms with Gasteiger partial charge in [0.05, 0.1) is 20.6 Å². The maximum atomic E-state index is 8.69. The number of hydrogen-bond acceptors (Lipinski definition) is 1. The van der Waals surface area contributed by atoms with E-state index in [9.17, 15) is 0 Å². The Hall–Kier alpha value is -0.0500. The molecule has 0 radical (unpaired) electrons. The van der Waals surface area contributed by atoms with E-state index in [2.05, 4.69) is 26.2 Å². The smallest absolute Gasteiger partial charge is 0.0766 e. The van der Waals surface area contributed by atoms with Crippen molar-refractivity contribution < 1.29 is 22.4 Å². The third-order valence-electron chi connectivity index (χ3n) is 4.24. The molecule has 0 aliphatic carbocycles. The highest BCUT2D eigenvalue weighted by molar-refractivity contribution is 4.81. The Morgan fingerprint density at radius 1 is 0.609 bits per heavy atom. The van der Waals surface area contributed by atoms with Gasteiger partial charge in [0.2, 0.25) is 0 Å². The molecular formula is C20H42ClNO. The number of halogens is 1. The van der Waals surface area contributed by atoms with Crippen LogP contribution in [0.2, 0.25) is 0 Å². The number of aliphatic hydroxyl groups excluding tert-OH is 1. The second kappa shape index (κ2) is 21.9. The van der Waals surface area contributed by atoms with Crippen LogP contribution in [0.1, 0.15) is 89.9 Å². The molecule has 0 aromatic heterocycles. The number of hydrogen-bond donors (Lipinski definition) is 2. The summed E-state index contributed by atoms with van der Waals surface area (Å²) in [4.78, 5) is 1.58. The van der Waals surface area contributed by atoms with E-state index in [1.54, 1.807) is 4.90 Å². The summed E-state index contributed by atoms with van der Waals surface area (Å²) < 4.78 is 0. The Kier molecular flexibility index (Phi) is 24.0. The van der Waals surface area contributed by atoms with Gasteiger partial charge >= 0.3 is 0 Å². The van der Waals surface area contributed by atoms with Crippen LogP contribution in [0.25, 0.3) is 0 Å². The molecule has 23 heavy (non-hydrogen) atoms. The number of unbranched alkanes of at least 4 members (excludes halogenated alkanes) is 12. The number of aliphatic hydroxyl groups is 1. The molecule has 3 heteroatoms. The van der Waals surface area contributed by atoms with Crippen molar-refractivity contribution in [3.05, 3.63) is 12.2 Å². The minimum Gasteiger partial charge on any atom is -1.00 e. The highest BCUT2D eigenvalue weighted by Gasteiger charge is 1.94. The van der Waals surface area contributed by atoms with Gasteiger partial charge in [0.1, 0.15) is 0 Å². The quantitative estimate of drug-likeness (QED) is 0.299. The second-order valence-electron chi connectivity index (χ2n) is 6.97. The topological polar surface area (TPSA) is 24.7 Å². The van der Waals surface area contributed by atoms with E-state index < -0.39 is 0 Å². The van der Waals surface area contributed by atoms with E-state index in [0.717, 1.165) is 6.42 Å². The SMILES string of the molecule is C[NH+](C)CCCCCCCC/C=C\CCCCCCCCO.[Cl-]. The van der Waals surface area contributed by atoms with Crippen molar-refractivity contribution >= 4 is 0 Å². The van der Waals surface area contributed by atoms with Gasteiger partial charge in [0, 0.05) is 6.61 Å². The van der Waals surface area contributed by atoms with Gasteiger partial charge in [-0.2, -0.15) is 0 Å². The Bertz CT molecular complexity index is 232. The first-order valence-corrected chi connectivity index (χ1v) is 9.82. The van der Waals surface area contributed by atoms with E-state index >= 15 is 0 Å². The van der Waals surface area contributed by atoms with Crippen molar-refractivity contribution in [2.75, 3.05) is 27.2 Å². The number of quaternary nitrogens is 1. The van der Waals surface area contributed by atoms with Crippen LogP contribution in [0.4, 0.5) is 0 Å². The summed E-state index contributed by atoms with van der Waals surface area (Å²) in [6, 6.07) is 0. The zero-order valence-electron chi connectivity index (χ0n) is 15.8. The average molecular weight is 348 g/mol. The highest BCUT2D eigenvalue weighted by atomic mass is 35.5. The molecule has 0 saturated carbocycles. The third-order valence-corrected chi connectivity index (χ3v) is 4.24. The lowest BCUT2D eigenvalue weighted by Gasteiger charge is -2.06. The van der Waals surface area contributed by atoms with Gasteiger partial charge in [-0.15, -0.1) is 0 Å². The van der Waals surface area contributed by atoms with Gasteiger partial charge in [-0.3, -0.25) is 0 Å². The molecule has 0 saturated heterocycles. The largest absolute Gasteiger partial charge is 1.00 e. The van der Waals surface area contributed by atoms with Crippen LogP contribution < -0.4 is 17.3 Å². The minimum atomic E-state index is 0. The Balaban J connectivity index is 0. The van der Waals surface area contributed by atoms with Crippen LogP contribution in [0, 0.1) is 0 Å². The Morgan fingerprint density at radius 3 is 1.43 bits per heavy atom. The monoisotopic (exact) mass is 347 g/mol. The molecule has 2 nitrogen and oxygen atoms in total. The highest BCUT2D eigenvalue weighted by Crippen LogP contribution is 2.09. The van der Waals surface area contributed by atoms with E-state index in [1.165, 1.54) is 90.0 Å². The molecule has 0 aromatic carbocycles. The van der Waals surface area contributed by atoms with E-state index in [1.807, 2.05) is 0 Å². The standard InChI is InChI=1S/C20H41NO.ClH/c1-21(2)19-17-15-13-11-9-7-5-3-4-6-8-10-12-14-16-18-20-22;/h3-4,22H,5-20H2,1-2H3;1H/b4-3-;. The third kappa shape index (κ3) is 24.3. The van der Waals surface area contributed by atoms with Crippen molar-refractivity contribution in [2.45, 2.75) is 89.9 Å². The predicted octanol–water partition coefficient (Wildman–Crippen LogP) is 1.14. The lowest BCUT2D eigenvalue weighted by atomic mass is 10.1. The summed E-state index contributed by atoms with van der Waals surface area (Å²) >= 11 is 0. The van der Waals surface area contributed by atoms with Gasteiger partial charge in [-0.25, -0.2) is 0 Å². The maximum Gasteiger partial charge on any atom is 0.0766 e. The summed E-state index contributed by atoms with van der Waals surface area (Å²) in [6.45, 7) is 1.68. The first-order valence-electron chi connectivity index (χ1n) is 9.82. The lowest BCUT2D eigenvalue weighted by Crippen LogP contribution is -3.05. The molecular weight excluding hydrogens is 306 g/mol. The summed E-state index contributed by atoms with van der Waals surface area (Å²) in [5.74, 6) is 0. The second-order valence-corrected chi connectivity index (χ2v) is 6.97. The molecule has 0 aromatic rings. The molecule has 0 bridgehead atoms. The summed E-state index contributed by atoms with van der Waals surface area (Å²) in [5, 5.41) is 8.69. The van der Waals surface area contributed by atoms with Gasteiger partial charge in [0.25, 0.3) is 0 Å². The molecule has 2 N–H and O–H groups in total. The van der Waals surface area contributed by atoms with Gasteiger partial charge in [-0.05, 0) is 44.9 Å². The zero-order chi connectivity index (χ0) is 16.3. The van der Waals surface area contributed by atoms with Crippen LogP contribution in [0.5, 0.6) is 0 Å². The first-order chi connectivity index (χ1) is 10.8. The number of nitrogens with one attached hydrogen (secondary N) is 1. The molecule has 0 heterocycles. The molecule has 0 rings (SSSR count). The minimum absolute atomic E-state index is 0. The van der Waals surface area contributed by atoms with Crippen molar-refractivity contribution in [3.8, 4) is 0 Å². The Morgan fingerprint density at radius 2 is 1.00 bits per heavy atom. The van der Waals surface area contributed by atoms with Crippen molar-refractivity contribution in [2.24, 2.45) is 0 Å². The van der Waals surface area contributed by atoms with Crippen molar-refractivity contribution in [1.29, 1.82) is 0 Å². The van der Waals surface area contributed by atoms with Crippen LogP contribution in [0.15, 0.2) is 12.2 Å². The predicted molar refractivity (Wildman–Crippen MR) is 98.5 cm³/mol. The fourth-order valence-corrected chi connectivity index (χ4v) is 2.76. The van der Waals surface area contributed by atoms with Crippen LogP contribution in [-0.4, -0.2) is 32.4 Å².